The predicted molar refractivity (Wildman–Crippen MR) is 95.3 cm³/mol. The van der Waals surface area contributed by atoms with E-state index >= 15 is 0 Å². The Labute approximate surface area is 152 Å². The highest BCUT2D eigenvalue weighted by molar-refractivity contribution is 5.93. The van der Waals surface area contributed by atoms with Crippen LogP contribution in [0, 0.1) is 0 Å². The van der Waals surface area contributed by atoms with Crippen LogP contribution in [0.1, 0.15) is 10.5 Å². The highest BCUT2D eigenvalue weighted by atomic mass is 16.2. The Hall–Kier alpha value is -3.95. The fraction of sp³-hybridized carbons (Fsp3) is 0.118. The van der Waals surface area contributed by atoms with Crippen molar-refractivity contribution in [2.75, 3.05) is 6.54 Å². The number of hydrogen-bond donors (Lipinski definition) is 1. The van der Waals surface area contributed by atoms with Gasteiger partial charge in [-0.3, -0.25) is 14.6 Å². The molecule has 1 amide bonds. The molecule has 0 bridgehead atoms. The molecule has 1 aromatic carbocycles. The number of carbonyl (C=O) groups is 1. The zero-order valence-electron chi connectivity index (χ0n) is 14.1. The number of fused-ring (bicyclic) bond motifs is 1. The molecular formula is C17H14N8O2. The Morgan fingerprint density at radius 1 is 1.11 bits per heavy atom. The molecule has 0 spiro atoms. The number of para-hydroxylation sites is 2. The molecule has 0 fully saturated rings. The first kappa shape index (κ1) is 16.5. The van der Waals surface area contributed by atoms with Gasteiger partial charge < -0.3 is 5.32 Å². The van der Waals surface area contributed by atoms with Gasteiger partial charge in [0, 0.05) is 12.6 Å². The van der Waals surface area contributed by atoms with E-state index in [4.69, 9.17) is 0 Å². The number of nitrogens with one attached hydrogen (secondary N) is 1. The van der Waals surface area contributed by atoms with Crippen molar-refractivity contribution in [1.82, 2.24) is 39.8 Å². The molecule has 10 nitrogen and oxygen atoms in total. The molecule has 0 aliphatic heterocycles. The van der Waals surface area contributed by atoms with E-state index in [0.717, 1.165) is 5.52 Å². The van der Waals surface area contributed by atoms with Crippen LogP contribution in [0.25, 0.3) is 16.9 Å². The molecule has 0 saturated heterocycles. The number of nitrogens with zero attached hydrogens (tertiary/aromatic N) is 7. The van der Waals surface area contributed by atoms with E-state index in [0.29, 0.717) is 11.3 Å². The van der Waals surface area contributed by atoms with Crippen molar-refractivity contribution in [3.8, 4) is 5.82 Å². The van der Waals surface area contributed by atoms with Crippen molar-refractivity contribution in [2.24, 2.45) is 0 Å². The molecule has 4 aromatic rings. The van der Waals surface area contributed by atoms with Gasteiger partial charge in [0.2, 0.25) is 0 Å². The maximum atomic E-state index is 12.3. The summed E-state index contributed by atoms with van der Waals surface area (Å²) in [4.78, 5) is 36.6. The topological polar surface area (TPSA) is 120 Å². The SMILES string of the molecule is O=C(NCCn1nc(-n2cncn2)ccc1=O)c1cnc2ccccc2n1. The molecule has 3 aromatic heterocycles. The van der Waals surface area contributed by atoms with E-state index in [1.807, 2.05) is 18.2 Å². The number of carbonyl (C=O) groups excluding carboxylic acids is 1. The average molecular weight is 362 g/mol. The van der Waals surface area contributed by atoms with E-state index in [9.17, 15) is 9.59 Å². The standard InChI is InChI=1S/C17H14N8O2/c26-16-6-5-15(25-11-18-10-21-25)23-24(16)8-7-19-17(27)14-9-20-12-3-1-2-4-13(12)22-14/h1-6,9-11H,7-8H2,(H,19,27). The predicted octanol–water partition coefficient (Wildman–Crippen LogP) is 0.197. The van der Waals surface area contributed by atoms with Crippen LogP contribution >= 0.6 is 0 Å². The summed E-state index contributed by atoms with van der Waals surface area (Å²) in [6.07, 6.45) is 4.28. The minimum absolute atomic E-state index is 0.203. The average Bonchev–Trinajstić information content (AvgIpc) is 3.24. The van der Waals surface area contributed by atoms with Gasteiger partial charge in [0.1, 0.15) is 18.3 Å². The van der Waals surface area contributed by atoms with Crippen molar-refractivity contribution in [1.29, 1.82) is 0 Å². The first-order valence-electron chi connectivity index (χ1n) is 8.14. The first-order chi connectivity index (χ1) is 13.2. The lowest BCUT2D eigenvalue weighted by atomic mass is 10.3. The van der Waals surface area contributed by atoms with Crippen LogP contribution < -0.4 is 10.9 Å². The Kier molecular flexibility index (Phi) is 4.35. The maximum Gasteiger partial charge on any atom is 0.271 e. The maximum absolute atomic E-state index is 12.3. The minimum atomic E-state index is -0.367. The Bertz CT molecular complexity index is 1150. The Balaban J connectivity index is 1.44. The van der Waals surface area contributed by atoms with Gasteiger partial charge >= 0.3 is 0 Å². The molecular weight excluding hydrogens is 348 g/mol. The summed E-state index contributed by atoms with van der Waals surface area (Å²) >= 11 is 0. The smallest absolute Gasteiger partial charge is 0.271 e. The monoisotopic (exact) mass is 362 g/mol. The van der Waals surface area contributed by atoms with Crippen LogP contribution in [-0.2, 0) is 6.54 Å². The third-order valence-electron chi connectivity index (χ3n) is 3.80. The zero-order chi connectivity index (χ0) is 18.6. The fourth-order valence-electron chi connectivity index (χ4n) is 2.48. The fourth-order valence-corrected chi connectivity index (χ4v) is 2.48. The van der Waals surface area contributed by atoms with E-state index in [-0.39, 0.29) is 30.2 Å². The molecule has 0 unspecified atom stereocenters. The third kappa shape index (κ3) is 3.54. The normalized spacial score (nSPS) is 10.8. The van der Waals surface area contributed by atoms with Crippen molar-refractivity contribution in [2.45, 2.75) is 6.54 Å². The van der Waals surface area contributed by atoms with Crippen LogP contribution in [0.2, 0.25) is 0 Å². The summed E-state index contributed by atoms with van der Waals surface area (Å²) in [5.41, 5.74) is 1.29. The molecule has 0 aliphatic carbocycles. The number of amides is 1. The number of aromatic nitrogens is 7. The lowest BCUT2D eigenvalue weighted by Gasteiger charge is -2.08. The molecule has 10 heteroatoms. The second kappa shape index (κ2) is 7.12. The second-order valence-corrected chi connectivity index (χ2v) is 5.59. The van der Waals surface area contributed by atoms with Gasteiger partial charge in [-0.25, -0.2) is 19.3 Å². The summed E-state index contributed by atoms with van der Waals surface area (Å²) in [5, 5.41) is 10.9. The van der Waals surface area contributed by atoms with Gasteiger partial charge in [-0.1, -0.05) is 12.1 Å². The van der Waals surface area contributed by atoms with Gasteiger partial charge in [0.25, 0.3) is 11.5 Å². The number of rotatable bonds is 5. The lowest BCUT2D eigenvalue weighted by Crippen LogP contribution is -2.32. The van der Waals surface area contributed by atoms with Crippen LogP contribution in [0.4, 0.5) is 0 Å². The quantitative estimate of drug-likeness (QED) is 0.538. The highest BCUT2D eigenvalue weighted by Gasteiger charge is 2.09. The summed E-state index contributed by atoms with van der Waals surface area (Å²) < 4.78 is 2.70. The van der Waals surface area contributed by atoms with Crippen LogP contribution in [0.3, 0.4) is 0 Å². The van der Waals surface area contributed by atoms with Crippen molar-refractivity contribution in [3.63, 3.8) is 0 Å². The molecule has 4 rings (SSSR count). The summed E-state index contributed by atoms with van der Waals surface area (Å²) in [7, 11) is 0. The second-order valence-electron chi connectivity index (χ2n) is 5.59. The molecule has 3 heterocycles. The van der Waals surface area contributed by atoms with Gasteiger partial charge in [0.15, 0.2) is 5.82 Å². The van der Waals surface area contributed by atoms with Crippen molar-refractivity contribution < 1.29 is 4.79 Å². The zero-order valence-corrected chi connectivity index (χ0v) is 14.1. The van der Waals surface area contributed by atoms with Crippen molar-refractivity contribution in [3.05, 3.63) is 71.3 Å². The molecule has 27 heavy (non-hydrogen) atoms. The van der Waals surface area contributed by atoms with Gasteiger partial charge in [-0.15, -0.1) is 5.10 Å². The van der Waals surface area contributed by atoms with E-state index in [1.165, 1.54) is 34.3 Å². The highest BCUT2D eigenvalue weighted by Crippen LogP contribution is 2.08. The number of benzene rings is 1. The molecule has 0 saturated carbocycles. The largest absolute Gasteiger partial charge is 0.349 e. The molecule has 0 radical (unpaired) electrons. The van der Waals surface area contributed by atoms with Crippen molar-refractivity contribution >= 4 is 16.9 Å². The molecule has 0 aliphatic rings. The molecule has 134 valence electrons. The van der Waals surface area contributed by atoms with E-state index in [1.54, 1.807) is 12.1 Å². The third-order valence-corrected chi connectivity index (χ3v) is 3.80. The van der Waals surface area contributed by atoms with Gasteiger partial charge in [-0.05, 0) is 18.2 Å². The van der Waals surface area contributed by atoms with Gasteiger partial charge in [-0.2, -0.15) is 5.10 Å². The summed E-state index contributed by atoms with van der Waals surface area (Å²) in [6, 6.07) is 10.2. The van der Waals surface area contributed by atoms with E-state index < -0.39 is 0 Å². The summed E-state index contributed by atoms with van der Waals surface area (Å²) in [6.45, 7) is 0.412. The minimum Gasteiger partial charge on any atom is -0.349 e. The van der Waals surface area contributed by atoms with Crippen LogP contribution in [0.5, 0.6) is 0 Å². The van der Waals surface area contributed by atoms with E-state index in [2.05, 4.69) is 30.5 Å². The first-order valence-corrected chi connectivity index (χ1v) is 8.14. The Morgan fingerprint density at radius 2 is 1.96 bits per heavy atom. The van der Waals surface area contributed by atoms with Gasteiger partial charge in [0.05, 0.1) is 23.8 Å². The summed E-state index contributed by atoms with van der Waals surface area (Å²) in [5.74, 6) is 0.0903. The molecule has 0 atom stereocenters. The van der Waals surface area contributed by atoms with Crippen LogP contribution in [0.15, 0.2) is 60.0 Å². The number of hydrogen-bond acceptors (Lipinski definition) is 7. The molecule has 1 N–H and O–H groups in total. The van der Waals surface area contributed by atoms with Crippen LogP contribution in [-0.4, -0.2) is 47.0 Å². The lowest BCUT2D eigenvalue weighted by molar-refractivity contribution is 0.0946. The Morgan fingerprint density at radius 3 is 2.78 bits per heavy atom.